The minimum Gasteiger partial charge on any atom is -0.120 e. The number of hydrogen-bond acceptors (Lipinski definition) is 0. The van der Waals surface area contributed by atoms with Crippen molar-refractivity contribution in [2.24, 2.45) is 11.8 Å². The van der Waals surface area contributed by atoms with Gasteiger partial charge in [-0.15, -0.1) is 5.73 Å². The molecule has 108 valence electrons. The van der Waals surface area contributed by atoms with E-state index in [2.05, 4.69) is 74.7 Å². The molecule has 2 atom stereocenters. The van der Waals surface area contributed by atoms with E-state index in [0.717, 1.165) is 5.92 Å². The highest BCUT2D eigenvalue weighted by Gasteiger charge is 2.35. The first-order chi connectivity index (χ1) is 9.65. The smallest absolute Gasteiger partial charge is 0.0107 e. The highest BCUT2D eigenvalue weighted by molar-refractivity contribution is 5.76. The zero-order valence-electron chi connectivity index (χ0n) is 12.2. The van der Waals surface area contributed by atoms with Crippen LogP contribution < -0.4 is 0 Å². The lowest BCUT2D eigenvalue weighted by molar-refractivity contribution is 0.869. The number of hydrogen-bond donors (Lipinski definition) is 0. The molecule has 0 heteroatoms. The molecule has 2 unspecified atom stereocenters. The molecule has 1 aromatic carbocycles. The van der Waals surface area contributed by atoms with Crippen molar-refractivity contribution in [3.8, 4) is 0 Å². The summed E-state index contributed by atoms with van der Waals surface area (Å²) in [7, 11) is 0. The van der Waals surface area contributed by atoms with Gasteiger partial charge in [-0.25, -0.2) is 0 Å². The Kier molecular flexibility index (Phi) is 4.50. The quantitative estimate of drug-likeness (QED) is 0.605. The Labute approximate surface area is 128 Å². The van der Waals surface area contributed by atoms with Crippen molar-refractivity contribution in [3.63, 3.8) is 0 Å². The number of allylic oxidation sites excluding steroid dienone is 6. The van der Waals surface area contributed by atoms with Gasteiger partial charge in [0.1, 0.15) is 0 Å². The third-order valence-electron chi connectivity index (χ3n) is 4.23. The molecule has 0 aromatic heterocycles. The molecule has 0 heterocycles. The van der Waals surface area contributed by atoms with Gasteiger partial charge in [-0.3, -0.25) is 0 Å². The van der Waals surface area contributed by atoms with E-state index in [1.807, 2.05) is 0 Å². The first kappa shape index (κ1) is 15.4. The molecule has 2 aliphatic carbocycles. The minimum absolute atomic E-state index is 0. The molecule has 0 nitrogen and oxygen atoms in total. The van der Waals surface area contributed by atoms with Gasteiger partial charge in [0, 0.05) is 0 Å². The monoisotopic (exact) mass is 276 g/mol. The van der Waals surface area contributed by atoms with Crippen LogP contribution in [0.1, 0.15) is 31.9 Å². The van der Waals surface area contributed by atoms with Crippen LogP contribution in [0, 0.1) is 18.8 Å². The molecule has 0 amide bonds. The minimum atomic E-state index is 0. The van der Waals surface area contributed by atoms with Crippen molar-refractivity contribution in [2.45, 2.75) is 27.7 Å². The van der Waals surface area contributed by atoms with Crippen molar-refractivity contribution in [3.05, 3.63) is 83.2 Å². The predicted molar refractivity (Wildman–Crippen MR) is 93.0 cm³/mol. The summed E-state index contributed by atoms with van der Waals surface area (Å²) in [6.07, 6.45) is 9.75. The van der Waals surface area contributed by atoms with Crippen LogP contribution in [0.3, 0.4) is 0 Å². The predicted octanol–water partition coefficient (Wildman–Crippen LogP) is 5.88. The Bertz CT molecular complexity index is 658. The fraction of sp³-hybridized carbons (Fsp3) is 0.286. The van der Waals surface area contributed by atoms with Crippen molar-refractivity contribution in [2.75, 3.05) is 0 Å². The molecule has 0 spiro atoms. The molecule has 0 saturated heterocycles. The maximum absolute atomic E-state index is 4.26. The summed E-state index contributed by atoms with van der Waals surface area (Å²) in [5.41, 5.74) is 9.50. The van der Waals surface area contributed by atoms with Crippen LogP contribution in [0.4, 0.5) is 0 Å². The average molecular weight is 276 g/mol. The molecule has 2 aliphatic rings. The first-order valence-electron chi connectivity index (χ1n) is 7.26. The second-order valence-electron chi connectivity index (χ2n) is 5.91. The van der Waals surface area contributed by atoms with Crippen molar-refractivity contribution in [1.29, 1.82) is 0 Å². The largest absolute Gasteiger partial charge is 0.120 e. The second-order valence-corrected chi connectivity index (χ2v) is 5.91. The normalized spacial score (nSPS) is 22.8. The summed E-state index contributed by atoms with van der Waals surface area (Å²) in [6.45, 7) is 8.66. The van der Waals surface area contributed by atoms with Gasteiger partial charge < -0.3 is 0 Å². The van der Waals surface area contributed by atoms with Crippen molar-refractivity contribution >= 4 is 5.57 Å². The Balaban J connectivity index is 0.00000161. The van der Waals surface area contributed by atoms with Crippen LogP contribution in [-0.4, -0.2) is 0 Å². The van der Waals surface area contributed by atoms with Gasteiger partial charge in [-0.1, -0.05) is 62.9 Å². The van der Waals surface area contributed by atoms with E-state index in [9.17, 15) is 0 Å². The van der Waals surface area contributed by atoms with Gasteiger partial charge in [0.05, 0.1) is 0 Å². The lowest BCUT2D eigenvalue weighted by Crippen LogP contribution is -1.88. The van der Waals surface area contributed by atoms with E-state index in [1.54, 1.807) is 0 Å². The third kappa shape index (κ3) is 3.35. The maximum Gasteiger partial charge on any atom is -0.0107 e. The summed E-state index contributed by atoms with van der Waals surface area (Å²) >= 11 is 0. The zero-order valence-corrected chi connectivity index (χ0v) is 12.2. The molecular formula is C21H24. The lowest BCUT2D eigenvalue weighted by atomic mass is 10.0. The van der Waals surface area contributed by atoms with Crippen LogP contribution in [0.15, 0.2) is 72.0 Å². The molecule has 1 aromatic rings. The lowest BCUT2D eigenvalue weighted by Gasteiger charge is -2.04. The first-order valence-corrected chi connectivity index (χ1v) is 7.26. The van der Waals surface area contributed by atoms with Crippen LogP contribution in [-0.2, 0) is 0 Å². The fourth-order valence-electron chi connectivity index (χ4n) is 2.64. The highest BCUT2D eigenvalue weighted by Crippen LogP contribution is 2.45. The highest BCUT2D eigenvalue weighted by atomic mass is 14.4. The molecular weight excluding hydrogens is 252 g/mol. The van der Waals surface area contributed by atoms with Crippen LogP contribution in [0.2, 0.25) is 0 Å². The molecule has 0 N–H and O–H groups in total. The number of aryl methyl sites for hydroxylation is 1. The van der Waals surface area contributed by atoms with Gasteiger partial charge >= 0.3 is 0 Å². The summed E-state index contributed by atoms with van der Waals surface area (Å²) in [4.78, 5) is 0. The van der Waals surface area contributed by atoms with Crippen molar-refractivity contribution < 1.29 is 0 Å². The van der Waals surface area contributed by atoms with Gasteiger partial charge in [0.25, 0.3) is 0 Å². The molecule has 1 fully saturated rings. The zero-order chi connectivity index (χ0) is 14.1. The van der Waals surface area contributed by atoms with E-state index in [0.29, 0.717) is 5.92 Å². The third-order valence-corrected chi connectivity index (χ3v) is 4.23. The molecule has 1 saturated carbocycles. The summed E-state index contributed by atoms with van der Waals surface area (Å²) in [6, 6.07) is 8.62. The summed E-state index contributed by atoms with van der Waals surface area (Å²) < 4.78 is 0. The topological polar surface area (TPSA) is 0 Å². The van der Waals surface area contributed by atoms with Gasteiger partial charge in [-0.2, -0.15) is 0 Å². The van der Waals surface area contributed by atoms with Gasteiger partial charge in [0.15, 0.2) is 0 Å². The fourth-order valence-corrected chi connectivity index (χ4v) is 2.64. The molecule has 3 rings (SSSR count). The maximum atomic E-state index is 4.26. The Hall–Kier alpha value is -2.04. The second kappa shape index (κ2) is 6.16. The number of benzene rings is 1. The van der Waals surface area contributed by atoms with Crippen molar-refractivity contribution in [1.82, 2.24) is 0 Å². The van der Waals surface area contributed by atoms with Crippen LogP contribution in [0.5, 0.6) is 0 Å². The van der Waals surface area contributed by atoms with E-state index in [-0.39, 0.29) is 7.43 Å². The van der Waals surface area contributed by atoms with E-state index >= 15 is 0 Å². The van der Waals surface area contributed by atoms with Crippen LogP contribution in [0.25, 0.3) is 5.57 Å². The molecule has 0 aliphatic heterocycles. The Morgan fingerprint density at radius 1 is 1.14 bits per heavy atom. The van der Waals surface area contributed by atoms with E-state index < -0.39 is 0 Å². The Morgan fingerprint density at radius 3 is 2.43 bits per heavy atom. The molecule has 21 heavy (non-hydrogen) atoms. The van der Waals surface area contributed by atoms with Gasteiger partial charge in [0.2, 0.25) is 0 Å². The summed E-state index contributed by atoms with van der Waals surface area (Å²) in [5, 5.41) is 0. The molecule has 0 bridgehead atoms. The van der Waals surface area contributed by atoms with E-state index in [4.69, 9.17) is 0 Å². The van der Waals surface area contributed by atoms with Gasteiger partial charge in [-0.05, 0) is 59.6 Å². The summed E-state index contributed by atoms with van der Waals surface area (Å²) in [5.74, 6) is 1.47. The van der Waals surface area contributed by atoms with Crippen LogP contribution >= 0.6 is 0 Å². The average Bonchev–Trinajstić information content (AvgIpc) is 3.21. The standard InChI is InChI=1S/C20H20.CH4/c1-14-7-9-19(10-8-14)18-6-4-5-17(11-12-18)16(3)20-13-15(20)2;/h5-12,15,20H,3,13H2,1-2H3;1H4. The number of rotatable bonds is 3. The Morgan fingerprint density at radius 2 is 1.81 bits per heavy atom. The SMILES string of the molecule is C.C=C(C1=CC=C(c2ccc(C)cc2)C=C=C1)C1CC1C. The molecule has 0 radical (unpaired) electrons. The van der Waals surface area contributed by atoms with E-state index in [1.165, 1.54) is 34.3 Å².